The second kappa shape index (κ2) is 7.50. The number of ether oxygens (including phenoxy) is 1. The van der Waals surface area contributed by atoms with Crippen molar-refractivity contribution in [3.8, 4) is 0 Å². The van der Waals surface area contributed by atoms with Gasteiger partial charge in [-0.1, -0.05) is 19.3 Å². The van der Waals surface area contributed by atoms with Crippen LogP contribution in [0.4, 0.5) is 0 Å². The van der Waals surface area contributed by atoms with Crippen LogP contribution in [0.15, 0.2) is 6.33 Å². The zero-order valence-electron chi connectivity index (χ0n) is 14.8. The first kappa shape index (κ1) is 16.5. The predicted molar refractivity (Wildman–Crippen MR) is 92.8 cm³/mol. The lowest BCUT2D eigenvalue weighted by atomic mass is 9.73. The molecule has 1 N–H and O–H groups in total. The third-order valence-corrected chi connectivity index (χ3v) is 6.12. The highest BCUT2D eigenvalue weighted by Crippen LogP contribution is 2.37. The Bertz CT molecular complexity index is 519. The first-order valence-electron chi connectivity index (χ1n) is 9.76. The summed E-state index contributed by atoms with van der Waals surface area (Å²) in [4.78, 5) is 7.13. The highest BCUT2D eigenvalue weighted by atomic mass is 16.5. The zero-order valence-corrected chi connectivity index (χ0v) is 14.8. The Kier molecular flexibility index (Phi) is 5.15. The fraction of sp³-hybridized carbons (Fsp3) is 0.889. The lowest BCUT2D eigenvalue weighted by molar-refractivity contribution is 0.00625. The molecular weight excluding hydrogens is 302 g/mol. The van der Waals surface area contributed by atoms with Gasteiger partial charge in [-0.25, -0.2) is 9.67 Å². The lowest BCUT2D eigenvalue weighted by Gasteiger charge is -2.43. The summed E-state index contributed by atoms with van der Waals surface area (Å²) in [5.41, 5.74) is 0.428. The molecule has 0 bridgehead atoms. The van der Waals surface area contributed by atoms with E-state index >= 15 is 0 Å². The van der Waals surface area contributed by atoms with Crippen molar-refractivity contribution in [2.75, 3.05) is 39.4 Å². The van der Waals surface area contributed by atoms with Crippen LogP contribution in [0.1, 0.15) is 56.8 Å². The molecule has 134 valence electrons. The van der Waals surface area contributed by atoms with Crippen molar-refractivity contribution in [1.29, 1.82) is 0 Å². The number of morpholine rings is 1. The summed E-state index contributed by atoms with van der Waals surface area (Å²) in [5.74, 6) is 1.14. The summed E-state index contributed by atoms with van der Waals surface area (Å²) in [5, 5.41) is 8.24. The number of fused-ring (bicyclic) bond motifs is 1. The topological polar surface area (TPSA) is 55.2 Å². The van der Waals surface area contributed by atoms with Crippen molar-refractivity contribution in [2.45, 2.75) is 57.5 Å². The zero-order chi connectivity index (χ0) is 16.2. The molecule has 2 fully saturated rings. The molecule has 0 spiro atoms. The van der Waals surface area contributed by atoms with Gasteiger partial charge in [0.2, 0.25) is 0 Å². The Labute approximate surface area is 145 Å². The van der Waals surface area contributed by atoms with Gasteiger partial charge in [-0.2, -0.15) is 5.10 Å². The molecule has 1 aliphatic carbocycles. The molecule has 0 amide bonds. The second-order valence-electron chi connectivity index (χ2n) is 7.87. The van der Waals surface area contributed by atoms with E-state index in [0.717, 1.165) is 45.2 Å². The van der Waals surface area contributed by atoms with Gasteiger partial charge >= 0.3 is 0 Å². The van der Waals surface area contributed by atoms with Crippen molar-refractivity contribution in [2.24, 2.45) is 5.41 Å². The highest BCUT2D eigenvalue weighted by molar-refractivity contribution is 4.99. The molecule has 0 unspecified atom stereocenters. The number of hydrogen-bond acceptors (Lipinski definition) is 5. The Morgan fingerprint density at radius 2 is 1.96 bits per heavy atom. The minimum atomic E-state index is 0.379. The van der Waals surface area contributed by atoms with Gasteiger partial charge in [0.1, 0.15) is 12.2 Å². The fourth-order valence-electron chi connectivity index (χ4n) is 4.75. The van der Waals surface area contributed by atoms with E-state index < -0.39 is 0 Å². The molecule has 4 rings (SSSR count). The van der Waals surface area contributed by atoms with Crippen LogP contribution in [-0.2, 0) is 11.3 Å². The Hall–Kier alpha value is -0.980. The molecule has 1 aromatic heterocycles. The van der Waals surface area contributed by atoms with Crippen LogP contribution in [0.2, 0.25) is 0 Å². The van der Waals surface area contributed by atoms with Gasteiger partial charge in [-0.05, 0) is 31.1 Å². The van der Waals surface area contributed by atoms with Crippen LogP contribution in [0.5, 0.6) is 0 Å². The third kappa shape index (κ3) is 3.65. The number of hydrogen-bond donors (Lipinski definition) is 1. The molecule has 3 heterocycles. The molecule has 3 aliphatic rings. The van der Waals surface area contributed by atoms with Crippen LogP contribution in [0, 0.1) is 5.41 Å². The molecular formula is C18H31N5O. The van der Waals surface area contributed by atoms with E-state index in [2.05, 4.69) is 25.0 Å². The first-order valence-corrected chi connectivity index (χ1v) is 9.76. The SMILES string of the molecule is c1nc2n(n1)CCC[C@@H]2NCC1(CN2CCOCC2)CCCCC1. The summed E-state index contributed by atoms with van der Waals surface area (Å²) in [6, 6.07) is 0.379. The summed E-state index contributed by atoms with van der Waals surface area (Å²) >= 11 is 0. The molecule has 6 nitrogen and oxygen atoms in total. The quantitative estimate of drug-likeness (QED) is 0.893. The van der Waals surface area contributed by atoms with Gasteiger partial charge in [-0.15, -0.1) is 0 Å². The van der Waals surface area contributed by atoms with Crippen molar-refractivity contribution in [3.05, 3.63) is 12.2 Å². The monoisotopic (exact) mass is 333 g/mol. The molecule has 1 atom stereocenters. The van der Waals surface area contributed by atoms with Crippen molar-refractivity contribution >= 4 is 0 Å². The number of aryl methyl sites for hydroxylation is 1. The summed E-state index contributed by atoms with van der Waals surface area (Å²) in [7, 11) is 0. The van der Waals surface area contributed by atoms with E-state index in [-0.39, 0.29) is 0 Å². The average molecular weight is 333 g/mol. The van der Waals surface area contributed by atoms with E-state index in [1.807, 2.05) is 0 Å². The first-order chi connectivity index (χ1) is 11.8. The highest BCUT2D eigenvalue weighted by Gasteiger charge is 2.35. The summed E-state index contributed by atoms with van der Waals surface area (Å²) < 4.78 is 7.61. The maximum Gasteiger partial charge on any atom is 0.143 e. The minimum Gasteiger partial charge on any atom is -0.379 e. The third-order valence-electron chi connectivity index (χ3n) is 6.12. The molecule has 0 aromatic carbocycles. The van der Waals surface area contributed by atoms with Gasteiger partial charge in [0.25, 0.3) is 0 Å². The number of nitrogens with zero attached hydrogens (tertiary/aromatic N) is 4. The molecule has 1 saturated carbocycles. The normalized spacial score (nSPS) is 27.8. The molecule has 1 saturated heterocycles. The molecule has 6 heteroatoms. The molecule has 24 heavy (non-hydrogen) atoms. The molecule has 1 aromatic rings. The minimum absolute atomic E-state index is 0.379. The van der Waals surface area contributed by atoms with E-state index in [1.54, 1.807) is 6.33 Å². The van der Waals surface area contributed by atoms with Crippen LogP contribution >= 0.6 is 0 Å². The summed E-state index contributed by atoms with van der Waals surface area (Å²) in [6.45, 7) is 7.35. The van der Waals surface area contributed by atoms with Crippen LogP contribution in [0.25, 0.3) is 0 Å². The van der Waals surface area contributed by atoms with Crippen LogP contribution in [0.3, 0.4) is 0 Å². The average Bonchev–Trinajstić information content (AvgIpc) is 3.11. The van der Waals surface area contributed by atoms with Gasteiger partial charge in [0.05, 0.1) is 19.3 Å². The van der Waals surface area contributed by atoms with Crippen molar-refractivity contribution in [1.82, 2.24) is 25.0 Å². The molecule has 0 radical (unpaired) electrons. The maximum atomic E-state index is 5.53. The van der Waals surface area contributed by atoms with E-state index in [9.17, 15) is 0 Å². The number of nitrogens with one attached hydrogen (secondary N) is 1. The van der Waals surface area contributed by atoms with Gasteiger partial charge < -0.3 is 10.1 Å². The molecule has 2 aliphatic heterocycles. The smallest absolute Gasteiger partial charge is 0.143 e. The van der Waals surface area contributed by atoms with Crippen molar-refractivity contribution < 1.29 is 4.74 Å². The standard InChI is InChI=1S/C18H31N5O/c1-2-6-18(7-3-1,14-22-9-11-24-12-10-22)13-19-16-5-4-8-23-17(16)20-15-21-23/h15-16,19H,1-14H2/t16-/m0/s1. The van der Waals surface area contributed by atoms with E-state index in [1.165, 1.54) is 51.5 Å². The van der Waals surface area contributed by atoms with Crippen LogP contribution in [-0.4, -0.2) is 59.1 Å². The number of rotatable bonds is 5. The van der Waals surface area contributed by atoms with Gasteiger partial charge in [0, 0.05) is 32.7 Å². The second-order valence-corrected chi connectivity index (χ2v) is 7.87. The van der Waals surface area contributed by atoms with Crippen molar-refractivity contribution in [3.63, 3.8) is 0 Å². The Morgan fingerprint density at radius 3 is 2.79 bits per heavy atom. The van der Waals surface area contributed by atoms with E-state index in [0.29, 0.717) is 11.5 Å². The van der Waals surface area contributed by atoms with E-state index in [4.69, 9.17) is 4.74 Å². The number of aromatic nitrogens is 3. The maximum absolute atomic E-state index is 5.53. The predicted octanol–water partition coefficient (Wildman–Crippen LogP) is 1.99. The Balaban J connectivity index is 1.41. The Morgan fingerprint density at radius 1 is 1.12 bits per heavy atom. The fourth-order valence-corrected chi connectivity index (χ4v) is 4.75. The van der Waals surface area contributed by atoms with Gasteiger partial charge in [-0.3, -0.25) is 4.90 Å². The van der Waals surface area contributed by atoms with Crippen LogP contribution < -0.4 is 5.32 Å². The summed E-state index contributed by atoms with van der Waals surface area (Å²) in [6.07, 6.45) is 11.0. The van der Waals surface area contributed by atoms with Gasteiger partial charge in [0.15, 0.2) is 0 Å². The largest absolute Gasteiger partial charge is 0.379 e. The lowest BCUT2D eigenvalue weighted by Crippen LogP contribution is -2.49.